The molecular formula is C7H5N5O. The monoisotopic (exact) mass is 175 g/mol. The standard InChI is InChI=1S/C7H5N5O/c8-5-3-4-7(12-1-9-4)13-6(3)11-2-10-5/h1-2H,(H,9,12)(H2,8,10,11). The van der Waals surface area contributed by atoms with E-state index in [0.717, 1.165) is 5.52 Å². The Morgan fingerprint density at radius 2 is 2.15 bits per heavy atom. The van der Waals surface area contributed by atoms with E-state index < -0.39 is 0 Å². The number of nitrogens with zero attached hydrogens (tertiary/aromatic N) is 3. The molecule has 0 fully saturated rings. The minimum atomic E-state index is 0.396. The molecular weight excluding hydrogens is 170 g/mol. The minimum absolute atomic E-state index is 0.396. The zero-order valence-corrected chi connectivity index (χ0v) is 6.48. The molecule has 3 aromatic rings. The summed E-state index contributed by atoms with van der Waals surface area (Å²) >= 11 is 0. The Bertz CT molecular complexity index is 581. The molecule has 0 spiro atoms. The SMILES string of the molecule is Nc1ncnc2oc3nc[nH]c3c12. The number of hydrogen-bond acceptors (Lipinski definition) is 5. The molecule has 3 heterocycles. The van der Waals surface area contributed by atoms with Gasteiger partial charge >= 0.3 is 0 Å². The second kappa shape index (κ2) is 1.98. The summed E-state index contributed by atoms with van der Waals surface area (Å²) in [6.07, 6.45) is 2.90. The molecule has 0 bridgehead atoms. The van der Waals surface area contributed by atoms with Crippen molar-refractivity contribution >= 4 is 28.1 Å². The molecule has 0 aromatic carbocycles. The lowest BCUT2D eigenvalue weighted by Crippen LogP contribution is -1.90. The highest BCUT2D eigenvalue weighted by molar-refractivity contribution is 6.05. The average molecular weight is 175 g/mol. The number of H-pyrrole nitrogens is 1. The number of nitrogens with one attached hydrogen (secondary N) is 1. The van der Waals surface area contributed by atoms with Crippen LogP contribution < -0.4 is 5.73 Å². The van der Waals surface area contributed by atoms with Gasteiger partial charge in [-0.05, 0) is 0 Å². The summed E-state index contributed by atoms with van der Waals surface area (Å²) in [5.74, 6) is 0.396. The Morgan fingerprint density at radius 1 is 1.23 bits per heavy atom. The maximum absolute atomic E-state index is 5.67. The Kier molecular flexibility index (Phi) is 0.974. The molecule has 0 unspecified atom stereocenters. The van der Waals surface area contributed by atoms with Gasteiger partial charge in [-0.1, -0.05) is 0 Å². The fraction of sp³-hybridized carbons (Fsp3) is 0. The maximum atomic E-state index is 5.67. The van der Waals surface area contributed by atoms with Crippen LogP contribution in [0.1, 0.15) is 0 Å². The van der Waals surface area contributed by atoms with E-state index in [1.54, 1.807) is 6.33 Å². The fourth-order valence-corrected chi connectivity index (χ4v) is 1.32. The van der Waals surface area contributed by atoms with E-state index in [1.807, 2.05) is 0 Å². The normalized spacial score (nSPS) is 11.4. The van der Waals surface area contributed by atoms with Crippen LogP contribution in [0.5, 0.6) is 0 Å². The van der Waals surface area contributed by atoms with Crippen molar-refractivity contribution in [1.82, 2.24) is 19.9 Å². The third kappa shape index (κ3) is 0.689. The molecule has 0 amide bonds. The number of furan rings is 1. The van der Waals surface area contributed by atoms with E-state index >= 15 is 0 Å². The number of imidazole rings is 1. The van der Waals surface area contributed by atoms with Crippen molar-refractivity contribution in [3.05, 3.63) is 12.7 Å². The maximum Gasteiger partial charge on any atom is 0.247 e. The van der Waals surface area contributed by atoms with Gasteiger partial charge in [0, 0.05) is 0 Å². The van der Waals surface area contributed by atoms with E-state index in [9.17, 15) is 0 Å². The molecule has 3 N–H and O–H groups in total. The van der Waals surface area contributed by atoms with Crippen molar-refractivity contribution in [2.24, 2.45) is 0 Å². The fourth-order valence-electron chi connectivity index (χ4n) is 1.32. The van der Waals surface area contributed by atoms with Gasteiger partial charge in [0.2, 0.25) is 11.4 Å². The predicted octanol–water partition coefficient (Wildman–Crippen LogP) is 0.681. The highest BCUT2D eigenvalue weighted by Gasteiger charge is 2.12. The Morgan fingerprint density at radius 3 is 3.08 bits per heavy atom. The molecule has 64 valence electrons. The second-order valence-corrected chi connectivity index (χ2v) is 2.62. The number of rotatable bonds is 0. The van der Waals surface area contributed by atoms with Crippen LogP contribution in [-0.2, 0) is 0 Å². The van der Waals surface area contributed by atoms with E-state index in [2.05, 4.69) is 19.9 Å². The van der Waals surface area contributed by atoms with Crippen LogP contribution in [0.2, 0.25) is 0 Å². The quantitative estimate of drug-likeness (QED) is 0.524. The largest absolute Gasteiger partial charge is 0.417 e. The van der Waals surface area contributed by atoms with Crippen molar-refractivity contribution < 1.29 is 4.42 Å². The highest BCUT2D eigenvalue weighted by atomic mass is 16.3. The van der Waals surface area contributed by atoms with Crippen molar-refractivity contribution in [3.8, 4) is 0 Å². The Hall–Kier alpha value is -2.11. The van der Waals surface area contributed by atoms with Crippen LogP contribution in [0.15, 0.2) is 17.1 Å². The molecule has 0 aliphatic carbocycles. The van der Waals surface area contributed by atoms with Gasteiger partial charge in [-0.3, -0.25) is 0 Å². The third-order valence-electron chi connectivity index (χ3n) is 1.89. The zero-order chi connectivity index (χ0) is 8.84. The molecule has 6 nitrogen and oxygen atoms in total. The Labute approximate surface area is 71.8 Å². The first-order valence-corrected chi connectivity index (χ1v) is 3.68. The molecule has 0 aliphatic heterocycles. The van der Waals surface area contributed by atoms with Gasteiger partial charge in [0.25, 0.3) is 0 Å². The number of hydrogen-bond donors (Lipinski definition) is 2. The lowest BCUT2D eigenvalue weighted by Gasteiger charge is -1.90. The third-order valence-corrected chi connectivity index (χ3v) is 1.89. The van der Waals surface area contributed by atoms with Crippen LogP contribution >= 0.6 is 0 Å². The van der Waals surface area contributed by atoms with E-state index in [0.29, 0.717) is 22.6 Å². The van der Waals surface area contributed by atoms with E-state index in [4.69, 9.17) is 10.2 Å². The van der Waals surface area contributed by atoms with Crippen molar-refractivity contribution in [1.29, 1.82) is 0 Å². The van der Waals surface area contributed by atoms with Gasteiger partial charge in [-0.2, -0.15) is 0 Å². The van der Waals surface area contributed by atoms with Crippen molar-refractivity contribution in [3.63, 3.8) is 0 Å². The number of nitrogen functional groups attached to an aromatic ring is 1. The Balaban J connectivity index is 2.68. The van der Waals surface area contributed by atoms with E-state index in [-0.39, 0.29) is 0 Å². The van der Waals surface area contributed by atoms with Gasteiger partial charge in [-0.25, -0.2) is 15.0 Å². The van der Waals surface area contributed by atoms with Crippen LogP contribution in [0.25, 0.3) is 22.3 Å². The topological polar surface area (TPSA) is 93.6 Å². The number of aromatic nitrogens is 4. The second-order valence-electron chi connectivity index (χ2n) is 2.62. The molecule has 0 saturated carbocycles. The summed E-state index contributed by atoms with van der Waals surface area (Å²) in [5.41, 5.74) is 7.37. The number of nitrogens with two attached hydrogens (primary N) is 1. The highest BCUT2D eigenvalue weighted by Crippen LogP contribution is 2.26. The first kappa shape index (κ1) is 6.41. The number of fused-ring (bicyclic) bond motifs is 3. The summed E-state index contributed by atoms with van der Waals surface area (Å²) in [7, 11) is 0. The molecule has 13 heavy (non-hydrogen) atoms. The first-order valence-electron chi connectivity index (χ1n) is 3.68. The summed E-state index contributed by atoms with van der Waals surface area (Å²) in [6.45, 7) is 0. The van der Waals surface area contributed by atoms with Gasteiger partial charge < -0.3 is 15.1 Å². The molecule has 3 rings (SSSR count). The molecule has 0 atom stereocenters. The molecule has 6 heteroatoms. The molecule has 3 aromatic heterocycles. The minimum Gasteiger partial charge on any atom is -0.417 e. The van der Waals surface area contributed by atoms with Gasteiger partial charge in [0.15, 0.2) is 0 Å². The first-order chi connectivity index (χ1) is 6.36. The zero-order valence-electron chi connectivity index (χ0n) is 6.48. The van der Waals surface area contributed by atoms with Crippen LogP contribution in [-0.4, -0.2) is 19.9 Å². The lowest BCUT2D eigenvalue weighted by molar-refractivity contribution is 0.641. The molecule has 0 radical (unpaired) electrons. The smallest absolute Gasteiger partial charge is 0.247 e. The predicted molar refractivity (Wildman–Crippen MR) is 45.9 cm³/mol. The molecule has 0 aliphatic rings. The molecule has 0 saturated heterocycles. The van der Waals surface area contributed by atoms with Gasteiger partial charge in [0.05, 0.1) is 6.33 Å². The van der Waals surface area contributed by atoms with E-state index in [1.165, 1.54) is 6.33 Å². The summed E-state index contributed by atoms with van der Waals surface area (Å²) in [4.78, 5) is 14.7. The van der Waals surface area contributed by atoms with Gasteiger partial charge in [0.1, 0.15) is 23.0 Å². The van der Waals surface area contributed by atoms with Crippen LogP contribution in [0.3, 0.4) is 0 Å². The van der Waals surface area contributed by atoms with Crippen LogP contribution in [0.4, 0.5) is 5.82 Å². The summed E-state index contributed by atoms with van der Waals surface area (Å²) in [5, 5.41) is 0.690. The van der Waals surface area contributed by atoms with Crippen LogP contribution in [0, 0.1) is 0 Å². The number of anilines is 1. The average Bonchev–Trinajstić information content (AvgIpc) is 2.62. The number of aromatic amines is 1. The summed E-state index contributed by atoms with van der Waals surface area (Å²) < 4.78 is 5.30. The van der Waals surface area contributed by atoms with Crippen molar-refractivity contribution in [2.75, 3.05) is 5.73 Å². The van der Waals surface area contributed by atoms with Gasteiger partial charge in [-0.15, -0.1) is 0 Å². The lowest BCUT2D eigenvalue weighted by atomic mass is 10.3. The van der Waals surface area contributed by atoms with Crippen molar-refractivity contribution in [2.45, 2.75) is 0 Å². The summed E-state index contributed by atoms with van der Waals surface area (Å²) in [6, 6.07) is 0.